The number of rotatable bonds is 5. The first-order chi connectivity index (χ1) is 11.6. The number of aromatic amines is 1. The zero-order valence-electron chi connectivity index (χ0n) is 13.7. The first-order valence-corrected chi connectivity index (χ1v) is 7.70. The summed E-state index contributed by atoms with van der Waals surface area (Å²) in [6.07, 6.45) is 3.58. The average molecular weight is 321 g/mol. The van der Waals surface area contributed by atoms with Gasteiger partial charge in [0, 0.05) is 31.2 Å². The Balaban J connectivity index is 1.80. The molecular formula is C18H19N5O. The Bertz CT molecular complexity index is 913. The van der Waals surface area contributed by atoms with Gasteiger partial charge in [-0.05, 0) is 43.7 Å². The zero-order valence-corrected chi connectivity index (χ0v) is 13.7. The van der Waals surface area contributed by atoms with Crippen molar-refractivity contribution in [2.45, 2.75) is 6.54 Å². The van der Waals surface area contributed by atoms with Gasteiger partial charge in [0.05, 0.1) is 11.1 Å². The van der Waals surface area contributed by atoms with Gasteiger partial charge in [-0.15, -0.1) is 0 Å². The quantitative estimate of drug-likeness (QED) is 0.758. The number of carbonyl (C=O) groups excluding carboxylic acids is 1. The van der Waals surface area contributed by atoms with Crippen LogP contribution in [-0.4, -0.2) is 41.0 Å². The lowest BCUT2D eigenvalue weighted by atomic mass is 10.2. The maximum absolute atomic E-state index is 12.3. The van der Waals surface area contributed by atoms with Crippen LogP contribution in [-0.2, 0) is 6.54 Å². The summed E-state index contributed by atoms with van der Waals surface area (Å²) >= 11 is 0. The minimum atomic E-state index is -0.262. The van der Waals surface area contributed by atoms with Crippen LogP contribution in [0.5, 0.6) is 0 Å². The second kappa shape index (κ2) is 6.60. The summed E-state index contributed by atoms with van der Waals surface area (Å²) in [5, 5.41) is 12.8. The van der Waals surface area contributed by atoms with Crippen LogP contribution in [0.4, 0.5) is 5.69 Å². The van der Waals surface area contributed by atoms with Gasteiger partial charge < -0.3 is 19.8 Å². The summed E-state index contributed by atoms with van der Waals surface area (Å²) in [5.74, 6) is -0.262. The molecule has 6 nitrogen and oxygen atoms in total. The van der Waals surface area contributed by atoms with Crippen LogP contribution in [0.2, 0.25) is 0 Å². The molecule has 0 saturated carbocycles. The van der Waals surface area contributed by atoms with Crippen LogP contribution in [0.15, 0.2) is 42.7 Å². The lowest BCUT2D eigenvalue weighted by Gasteiger charge is -2.12. The first kappa shape index (κ1) is 15.8. The highest BCUT2D eigenvalue weighted by atomic mass is 16.1. The fourth-order valence-electron chi connectivity index (χ4n) is 2.55. The fourth-order valence-corrected chi connectivity index (χ4v) is 2.55. The molecule has 0 atom stereocenters. The molecule has 1 amide bonds. The van der Waals surface area contributed by atoms with Crippen molar-refractivity contribution in [3.8, 4) is 6.07 Å². The molecule has 3 aromatic rings. The van der Waals surface area contributed by atoms with Crippen molar-refractivity contribution in [3.05, 3.63) is 54.0 Å². The van der Waals surface area contributed by atoms with Crippen molar-refractivity contribution >= 4 is 22.5 Å². The molecule has 1 aromatic carbocycles. The molecule has 0 bridgehead atoms. The van der Waals surface area contributed by atoms with Crippen molar-refractivity contribution < 1.29 is 4.79 Å². The van der Waals surface area contributed by atoms with E-state index in [-0.39, 0.29) is 5.91 Å². The molecule has 122 valence electrons. The van der Waals surface area contributed by atoms with Gasteiger partial charge in [-0.2, -0.15) is 5.26 Å². The van der Waals surface area contributed by atoms with E-state index >= 15 is 0 Å². The molecular weight excluding hydrogens is 302 g/mol. The second-order valence-electron chi connectivity index (χ2n) is 5.95. The molecule has 0 unspecified atom stereocenters. The molecule has 0 saturated heterocycles. The third-order valence-electron chi connectivity index (χ3n) is 3.88. The minimum Gasteiger partial charge on any atom is -0.356 e. The molecule has 6 heteroatoms. The van der Waals surface area contributed by atoms with Gasteiger partial charge in [-0.25, -0.2) is 0 Å². The summed E-state index contributed by atoms with van der Waals surface area (Å²) in [7, 11) is 4.09. The molecule has 2 aromatic heterocycles. The Kier molecular flexibility index (Phi) is 4.36. The van der Waals surface area contributed by atoms with Crippen LogP contribution >= 0.6 is 0 Å². The topological polar surface area (TPSA) is 76.8 Å². The number of likely N-dealkylation sites (N-methyl/N-ethyl adjacent to an activating group) is 1. The van der Waals surface area contributed by atoms with Gasteiger partial charge in [-0.3, -0.25) is 4.79 Å². The molecule has 3 rings (SSSR count). The average Bonchev–Trinajstić information content (AvgIpc) is 3.19. The van der Waals surface area contributed by atoms with Crippen LogP contribution in [0.25, 0.3) is 10.9 Å². The van der Waals surface area contributed by atoms with Crippen LogP contribution in [0.3, 0.4) is 0 Å². The third kappa shape index (κ3) is 3.31. The number of hydrogen-bond acceptors (Lipinski definition) is 3. The maximum atomic E-state index is 12.3. The molecule has 0 aliphatic carbocycles. The SMILES string of the molecule is CN(C)CCn1ccc2ccc(NC(=O)c3cc(C#N)c[nH]3)cc21. The highest BCUT2D eigenvalue weighted by Crippen LogP contribution is 2.21. The van der Waals surface area contributed by atoms with Crippen molar-refractivity contribution in [1.82, 2.24) is 14.5 Å². The number of anilines is 1. The van der Waals surface area contributed by atoms with Crippen LogP contribution in [0, 0.1) is 11.3 Å². The number of aromatic nitrogens is 2. The molecule has 0 spiro atoms. The van der Waals surface area contributed by atoms with Gasteiger partial charge in [0.1, 0.15) is 11.8 Å². The predicted octanol–water partition coefficient (Wildman–Crippen LogP) is 2.65. The number of fused-ring (bicyclic) bond motifs is 1. The first-order valence-electron chi connectivity index (χ1n) is 7.70. The Morgan fingerprint density at radius 1 is 1.33 bits per heavy atom. The summed E-state index contributed by atoms with van der Waals surface area (Å²) in [5.41, 5.74) is 2.62. The fraction of sp³-hybridized carbons (Fsp3) is 0.222. The van der Waals surface area contributed by atoms with E-state index < -0.39 is 0 Å². The van der Waals surface area contributed by atoms with Crippen molar-refractivity contribution in [3.63, 3.8) is 0 Å². The molecule has 24 heavy (non-hydrogen) atoms. The maximum Gasteiger partial charge on any atom is 0.272 e. The third-order valence-corrected chi connectivity index (χ3v) is 3.88. The summed E-state index contributed by atoms with van der Waals surface area (Å²) in [6, 6.07) is 11.4. The second-order valence-corrected chi connectivity index (χ2v) is 5.95. The zero-order chi connectivity index (χ0) is 17.1. The lowest BCUT2D eigenvalue weighted by Crippen LogP contribution is -2.18. The van der Waals surface area contributed by atoms with Crippen molar-refractivity contribution in [1.29, 1.82) is 5.26 Å². The predicted molar refractivity (Wildman–Crippen MR) is 94.0 cm³/mol. The Morgan fingerprint density at radius 3 is 2.88 bits per heavy atom. The van der Waals surface area contributed by atoms with E-state index in [0.29, 0.717) is 11.3 Å². The van der Waals surface area contributed by atoms with E-state index in [1.54, 1.807) is 0 Å². The number of nitriles is 1. The summed E-state index contributed by atoms with van der Waals surface area (Å²) in [4.78, 5) is 17.2. The summed E-state index contributed by atoms with van der Waals surface area (Å²) in [6.45, 7) is 1.83. The molecule has 0 aliphatic rings. The largest absolute Gasteiger partial charge is 0.356 e. The van der Waals surface area contributed by atoms with E-state index in [1.807, 2.05) is 38.4 Å². The molecule has 0 fully saturated rings. The number of nitrogens with one attached hydrogen (secondary N) is 2. The number of nitrogens with zero attached hydrogens (tertiary/aromatic N) is 3. The highest BCUT2D eigenvalue weighted by Gasteiger charge is 2.10. The van der Waals surface area contributed by atoms with Crippen molar-refractivity contribution in [2.75, 3.05) is 26.0 Å². The van der Waals surface area contributed by atoms with E-state index in [4.69, 9.17) is 5.26 Å². The Labute approximate surface area is 140 Å². The van der Waals surface area contributed by atoms with E-state index in [9.17, 15) is 4.79 Å². The number of hydrogen-bond donors (Lipinski definition) is 2. The van der Waals surface area contributed by atoms with Gasteiger partial charge >= 0.3 is 0 Å². The molecule has 2 N–H and O–H groups in total. The normalized spacial score (nSPS) is 10.9. The van der Waals surface area contributed by atoms with Gasteiger partial charge in [0.15, 0.2) is 0 Å². The number of carbonyl (C=O) groups is 1. The molecule has 0 aliphatic heterocycles. The summed E-state index contributed by atoms with van der Waals surface area (Å²) < 4.78 is 2.17. The Hall–Kier alpha value is -3.04. The van der Waals surface area contributed by atoms with Crippen molar-refractivity contribution in [2.24, 2.45) is 0 Å². The highest BCUT2D eigenvalue weighted by molar-refractivity contribution is 6.04. The van der Waals surface area contributed by atoms with Crippen LogP contribution < -0.4 is 5.32 Å². The van der Waals surface area contributed by atoms with Gasteiger partial charge in [-0.1, -0.05) is 6.07 Å². The monoisotopic (exact) mass is 321 g/mol. The van der Waals surface area contributed by atoms with Crippen LogP contribution in [0.1, 0.15) is 16.1 Å². The van der Waals surface area contributed by atoms with Gasteiger partial charge in [0.25, 0.3) is 5.91 Å². The van der Waals surface area contributed by atoms with E-state index in [0.717, 1.165) is 29.7 Å². The number of H-pyrrole nitrogens is 1. The van der Waals surface area contributed by atoms with E-state index in [2.05, 4.69) is 32.0 Å². The standard InChI is InChI=1S/C18H19N5O/c1-22(2)7-8-23-6-5-14-3-4-15(10-17(14)23)21-18(24)16-9-13(11-19)12-20-16/h3-6,9-10,12,20H,7-8H2,1-2H3,(H,21,24). The smallest absolute Gasteiger partial charge is 0.272 e. The Morgan fingerprint density at radius 2 is 2.17 bits per heavy atom. The molecule has 2 heterocycles. The number of benzene rings is 1. The number of amides is 1. The minimum absolute atomic E-state index is 0.262. The lowest BCUT2D eigenvalue weighted by molar-refractivity contribution is 0.102. The van der Waals surface area contributed by atoms with Gasteiger partial charge in [0.2, 0.25) is 0 Å². The van der Waals surface area contributed by atoms with E-state index in [1.165, 1.54) is 12.3 Å². The molecule has 0 radical (unpaired) electrons.